The Labute approximate surface area is 159 Å². The van der Waals surface area contributed by atoms with Crippen LogP contribution in [-0.4, -0.2) is 43.4 Å². The molecule has 0 aliphatic carbocycles. The fourth-order valence-corrected chi connectivity index (χ4v) is 2.74. The van der Waals surface area contributed by atoms with Gasteiger partial charge in [0.15, 0.2) is 5.96 Å². The third-order valence-electron chi connectivity index (χ3n) is 4.17. The van der Waals surface area contributed by atoms with E-state index in [-0.39, 0.29) is 0 Å². The van der Waals surface area contributed by atoms with Gasteiger partial charge >= 0.3 is 0 Å². The summed E-state index contributed by atoms with van der Waals surface area (Å²) in [5.41, 5.74) is 1.27. The average molecular weight is 366 g/mol. The quantitative estimate of drug-likeness (QED) is 0.464. The van der Waals surface area contributed by atoms with Crippen LogP contribution in [0.25, 0.3) is 0 Å². The lowest BCUT2D eigenvalue weighted by Gasteiger charge is -2.12. The van der Waals surface area contributed by atoms with E-state index in [1.807, 2.05) is 32.4 Å². The predicted octanol–water partition coefficient (Wildman–Crippen LogP) is 1.36. The molecule has 0 unspecified atom stereocenters. The van der Waals surface area contributed by atoms with Crippen LogP contribution in [0.5, 0.6) is 0 Å². The number of nitrogens with one attached hydrogen (secondary N) is 2. The summed E-state index contributed by atoms with van der Waals surface area (Å²) < 4.78 is 3.91. The summed E-state index contributed by atoms with van der Waals surface area (Å²) in [5.74, 6) is 2.64. The topological polar surface area (TPSA) is 84.9 Å². The van der Waals surface area contributed by atoms with Gasteiger partial charge in [0.25, 0.3) is 0 Å². The van der Waals surface area contributed by atoms with Gasteiger partial charge in [-0.3, -0.25) is 4.68 Å². The Kier molecular flexibility index (Phi) is 6.56. The first-order valence-electron chi connectivity index (χ1n) is 9.15. The summed E-state index contributed by atoms with van der Waals surface area (Å²) in [6.45, 7) is 4.90. The van der Waals surface area contributed by atoms with E-state index < -0.39 is 0 Å². The van der Waals surface area contributed by atoms with Crippen LogP contribution in [0.2, 0.25) is 0 Å². The number of aliphatic imine (C=N–C) groups is 1. The average Bonchev–Trinajstić information content (AvgIpc) is 3.29. The van der Waals surface area contributed by atoms with Crippen molar-refractivity contribution in [3.8, 4) is 0 Å². The first-order valence-corrected chi connectivity index (χ1v) is 9.15. The van der Waals surface area contributed by atoms with Crippen LogP contribution in [0, 0.1) is 0 Å². The summed E-state index contributed by atoms with van der Waals surface area (Å²) in [4.78, 5) is 13.3. The molecule has 3 rings (SSSR count). The molecule has 2 aromatic heterocycles. The molecule has 0 atom stereocenters. The minimum absolute atomic E-state index is 0.481. The van der Waals surface area contributed by atoms with Crippen LogP contribution in [0.1, 0.15) is 24.1 Å². The van der Waals surface area contributed by atoms with Crippen molar-refractivity contribution in [3.05, 3.63) is 66.3 Å². The van der Waals surface area contributed by atoms with Crippen molar-refractivity contribution in [1.29, 1.82) is 0 Å². The second-order valence-corrected chi connectivity index (χ2v) is 6.13. The SMILES string of the molecule is CCNC(=NCc1ncnn1C)NCCc1nccn1Cc1ccccc1. The van der Waals surface area contributed by atoms with Gasteiger partial charge in [0, 0.05) is 45.5 Å². The zero-order valence-corrected chi connectivity index (χ0v) is 15.8. The Morgan fingerprint density at radius 2 is 1.96 bits per heavy atom. The summed E-state index contributed by atoms with van der Waals surface area (Å²) in [6.07, 6.45) is 6.23. The van der Waals surface area contributed by atoms with E-state index >= 15 is 0 Å². The molecule has 0 saturated carbocycles. The Morgan fingerprint density at radius 1 is 1.11 bits per heavy atom. The van der Waals surface area contributed by atoms with Gasteiger partial charge in [0.05, 0.1) is 0 Å². The van der Waals surface area contributed by atoms with Crippen LogP contribution >= 0.6 is 0 Å². The van der Waals surface area contributed by atoms with E-state index in [4.69, 9.17) is 0 Å². The van der Waals surface area contributed by atoms with E-state index in [0.717, 1.165) is 43.7 Å². The molecule has 0 saturated heterocycles. The number of aryl methyl sites for hydroxylation is 1. The maximum absolute atomic E-state index is 4.57. The molecule has 0 bridgehead atoms. The van der Waals surface area contributed by atoms with Crippen LogP contribution in [0.15, 0.2) is 54.0 Å². The Hall–Kier alpha value is -3.16. The minimum Gasteiger partial charge on any atom is -0.357 e. The van der Waals surface area contributed by atoms with Gasteiger partial charge in [-0.1, -0.05) is 30.3 Å². The second kappa shape index (κ2) is 9.51. The molecule has 8 heteroatoms. The van der Waals surface area contributed by atoms with Crippen molar-refractivity contribution in [2.75, 3.05) is 13.1 Å². The first kappa shape index (κ1) is 18.6. The molecule has 27 heavy (non-hydrogen) atoms. The van der Waals surface area contributed by atoms with Crippen molar-refractivity contribution >= 4 is 5.96 Å². The second-order valence-electron chi connectivity index (χ2n) is 6.13. The fraction of sp³-hybridized carbons (Fsp3) is 0.368. The standard InChI is InChI=1S/C19H26N8/c1-3-20-19(23-13-18-24-15-25-26(18)2)22-10-9-17-21-11-12-27(17)14-16-7-5-4-6-8-16/h4-8,11-12,15H,3,9-10,13-14H2,1-2H3,(H2,20,22,23). The number of rotatable bonds is 8. The van der Waals surface area contributed by atoms with E-state index in [2.05, 4.69) is 59.5 Å². The van der Waals surface area contributed by atoms with Gasteiger partial charge < -0.3 is 15.2 Å². The summed E-state index contributed by atoms with van der Waals surface area (Å²) in [5, 5.41) is 10.7. The zero-order valence-electron chi connectivity index (χ0n) is 15.8. The number of hydrogen-bond acceptors (Lipinski definition) is 4. The molecule has 0 radical (unpaired) electrons. The molecule has 3 aromatic rings. The fourth-order valence-electron chi connectivity index (χ4n) is 2.74. The van der Waals surface area contributed by atoms with Gasteiger partial charge in [-0.25, -0.2) is 15.0 Å². The molecular formula is C19H26N8. The minimum atomic E-state index is 0.481. The maximum Gasteiger partial charge on any atom is 0.191 e. The third kappa shape index (κ3) is 5.40. The van der Waals surface area contributed by atoms with Crippen molar-refractivity contribution < 1.29 is 0 Å². The summed E-state index contributed by atoms with van der Waals surface area (Å²) in [6, 6.07) is 10.4. The van der Waals surface area contributed by atoms with Crippen molar-refractivity contribution in [3.63, 3.8) is 0 Å². The van der Waals surface area contributed by atoms with Crippen molar-refractivity contribution in [2.24, 2.45) is 12.0 Å². The van der Waals surface area contributed by atoms with Gasteiger partial charge in [-0.05, 0) is 12.5 Å². The molecule has 0 aliphatic heterocycles. The number of nitrogens with zero attached hydrogens (tertiary/aromatic N) is 6. The molecule has 1 aromatic carbocycles. The monoisotopic (exact) mass is 366 g/mol. The molecule has 2 heterocycles. The summed E-state index contributed by atoms with van der Waals surface area (Å²) >= 11 is 0. The smallest absolute Gasteiger partial charge is 0.191 e. The number of imidazole rings is 1. The highest BCUT2D eigenvalue weighted by Crippen LogP contribution is 2.05. The molecule has 0 spiro atoms. The lowest BCUT2D eigenvalue weighted by atomic mass is 10.2. The Morgan fingerprint density at radius 3 is 2.70 bits per heavy atom. The molecular weight excluding hydrogens is 340 g/mol. The third-order valence-corrected chi connectivity index (χ3v) is 4.17. The molecule has 0 amide bonds. The highest BCUT2D eigenvalue weighted by Gasteiger charge is 2.05. The zero-order chi connectivity index (χ0) is 18.9. The highest BCUT2D eigenvalue weighted by atomic mass is 15.3. The normalized spacial score (nSPS) is 11.6. The Bertz CT molecular complexity index is 849. The van der Waals surface area contributed by atoms with Crippen LogP contribution < -0.4 is 10.6 Å². The molecule has 0 fully saturated rings. The number of aromatic nitrogens is 5. The molecule has 142 valence electrons. The van der Waals surface area contributed by atoms with Crippen LogP contribution in [0.3, 0.4) is 0 Å². The number of benzene rings is 1. The molecule has 2 N–H and O–H groups in total. The van der Waals surface area contributed by atoms with Gasteiger partial charge in [-0.15, -0.1) is 0 Å². The van der Waals surface area contributed by atoms with Crippen LogP contribution in [0.4, 0.5) is 0 Å². The van der Waals surface area contributed by atoms with E-state index in [1.165, 1.54) is 11.9 Å². The highest BCUT2D eigenvalue weighted by molar-refractivity contribution is 5.79. The molecule has 8 nitrogen and oxygen atoms in total. The van der Waals surface area contributed by atoms with E-state index in [1.54, 1.807) is 4.68 Å². The number of hydrogen-bond donors (Lipinski definition) is 2. The predicted molar refractivity (Wildman–Crippen MR) is 105 cm³/mol. The van der Waals surface area contributed by atoms with E-state index in [9.17, 15) is 0 Å². The number of guanidine groups is 1. The molecule has 0 aliphatic rings. The van der Waals surface area contributed by atoms with Gasteiger partial charge in [-0.2, -0.15) is 5.10 Å². The lowest BCUT2D eigenvalue weighted by molar-refractivity contribution is 0.685. The maximum atomic E-state index is 4.57. The Balaban J connectivity index is 1.54. The lowest BCUT2D eigenvalue weighted by Crippen LogP contribution is -2.38. The van der Waals surface area contributed by atoms with Crippen LogP contribution in [-0.2, 0) is 26.6 Å². The van der Waals surface area contributed by atoms with Gasteiger partial charge in [0.2, 0.25) is 0 Å². The van der Waals surface area contributed by atoms with Crippen molar-refractivity contribution in [2.45, 2.75) is 26.4 Å². The van der Waals surface area contributed by atoms with Crippen molar-refractivity contribution in [1.82, 2.24) is 34.9 Å². The first-order chi connectivity index (χ1) is 13.3. The largest absolute Gasteiger partial charge is 0.357 e. The van der Waals surface area contributed by atoms with Gasteiger partial charge in [0.1, 0.15) is 24.5 Å². The summed E-state index contributed by atoms with van der Waals surface area (Å²) in [7, 11) is 1.87. The van der Waals surface area contributed by atoms with E-state index in [0.29, 0.717) is 6.54 Å².